The van der Waals surface area contributed by atoms with Gasteiger partial charge in [-0.2, -0.15) is 0 Å². The van der Waals surface area contributed by atoms with Crippen molar-refractivity contribution in [3.05, 3.63) is 54.1 Å². The standard InChI is InChI=1S/C18H18O2/c1-2-13-10-11-18(16(19)8-5-9-17(18)20)12-14-6-3-4-7-15(13)14/h2-4,6-7,10H,1,5,8-9,11-12H2. The monoisotopic (exact) mass is 266 g/mol. The zero-order valence-corrected chi connectivity index (χ0v) is 11.5. The molecule has 102 valence electrons. The lowest BCUT2D eigenvalue weighted by molar-refractivity contribution is -0.143. The van der Waals surface area contributed by atoms with Crippen LogP contribution in [0.1, 0.15) is 36.8 Å². The quantitative estimate of drug-likeness (QED) is 0.729. The molecular formula is C18H18O2. The van der Waals surface area contributed by atoms with Crippen molar-refractivity contribution in [2.75, 3.05) is 0 Å². The zero-order chi connectivity index (χ0) is 14.2. The lowest BCUT2D eigenvalue weighted by Crippen LogP contribution is -2.43. The van der Waals surface area contributed by atoms with E-state index in [1.807, 2.05) is 36.4 Å². The topological polar surface area (TPSA) is 34.1 Å². The fraction of sp³-hybridized carbons (Fsp3) is 0.333. The Balaban J connectivity index is 2.15. The fourth-order valence-electron chi connectivity index (χ4n) is 3.41. The molecule has 0 saturated heterocycles. The average Bonchev–Trinajstić information content (AvgIpc) is 2.62. The van der Waals surface area contributed by atoms with Crippen molar-refractivity contribution in [1.82, 2.24) is 0 Å². The molecule has 0 aliphatic heterocycles. The summed E-state index contributed by atoms with van der Waals surface area (Å²) in [6, 6.07) is 8.02. The molecule has 3 rings (SSSR count). The maximum absolute atomic E-state index is 12.5. The predicted octanol–water partition coefficient (Wildman–Crippen LogP) is 3.51. The Morgan fingerprint density at radius 1 is 1.10 bits per heavy atom. The number of carbonyl (C=O) groups is 2. The van der Waals surface area contributed by atoms with Gasteiger partial charge >= 0.3 is 0 Å². The third-order valence-electron chi connectivity index (χ3n) is 4.59. The van der Waals surface area contributed by atoms with Gasteiger partial charge in [0.1, 0.15) is 11.6 Å². The van der Waals surface area contributed by atoms with E-state index in [4.69, 9.17) is 0 Å². The number of benzene rings is 1. The Morgan fingerprint density at radius 3 is 2.50 bits per heavy atom. The minimum Gasteiger partial charge on any atom is -0.299 e. The molecule has 2 nitrogen and oxygen atoms in total. The molecule has 1 aromatic carbocycles. The second kappa shape index (κ2) is 4.86. The van der Waals surface area contributed by atoms with Crippen molar-refractivity contribution in [3.8, 4) is 0 Å². The first kappa shape index (κ1) is 13.0. The molecule has 2 heteroatoms. The van der Waals surface area contributed by atoms with Gasteiger partial charge in [-0.05, 0) is 36.0 Å². The minimum atomic E-state index is -0.820. The number of allylic oxidation sites excluding steroid dienone is 3. The maximum Gasteiger partial charge on any atom is 0.147 e. The van der Waals surface area contributed by atoms with Crippen LogP contribution in [0.4, 0.5) is 0 Å². The van der Waals surface area contributed by atoms with E-state index >= 15 is 0 Å². The van der Waals surface area contributed by atoms with Crippen molar-refractivity contribution in [2.24, 2.45) is 5.41 Å². The summed E-state index contributed by atoms with van der Waals surface area (Å²) in [6.45, 7) is 3.86. The van der Waals surface area contributed by atoms with Gasteiger partial charge in [0, 0.05) is 12.8 Å². The van der Waals surface area contributed by atoms with E-state index in [1.54, 1.807) is 0 Å². The fourth-order valence-corrected chi connectivity index (χ4v) is 3.41. The molecule has 0 atom stereocenters. The second-order valence-corrected chi connectivity index (χ2v) is 5.68. The van der Waals surface area contributed by atoms with Gasteiger partial charge in [-0.15, -0.1) is 0 Å². The van der Waals surface area contributed by atoms with Crippen LogP contribution in [0.3, 0.4) is 0 Å². The first-order valence-electron chi connectivity index (χ1n) is 7.15. The van der Waals surface area contributed by atoms with E-state index in [9.17, 15) is 9.59 Å². The number of hydrogen-bond donors (Lipinski definition) is 0. The Kier molecular flexibility index (Phi) is 3.17. The molecular weight excluding hydrogens is 248 g/mol. The third kappa shape index (κ3) is 1.87. The number of ketones is 2. The van der Waals surface area contributed by atoms with Crippen LogP contribution in [0.15, 0.2) is 43.0 Å². The van der Waals surface area contributed by atoms with Crippen molar-refractivity contribution in [3.63, 3.8) is 0 Å². The van der Waals surface area contributed by atoms with Gasteiger partial charge in [-0.1, -0.05) is 43.0 Å². The highest BCUT2D eigenvalue weighted by atomic mass is 16.2. The van der Waals surface area contributed by atoms with E-state index in [0.717, 1.165) is 16.7 Å². The van der Waals surface area contributed by atoms with E-state index in [1.165, 1.54) is 0 Å². The van der Waals surface area contributed by atoms with Gasteiger partial charge in [-0.25, -0.2) is 0 Å². The molecule has 0 bridgehead atoms. The third-order valence-corrected chi connectivity index (χ3v) is 4.59. The summed E-state index contributed by atoms with van der Waals surface area (Å²) in [4.78, 5) is 24.9. The number of fused-ring (bicyclic) bond motifs is 1. The van der Waals surface area contributed by atoms with Crippen LogP contribution in [0.2, 0.25) is 0 Å². The summed E-state index contributed by atoms with van der Waals surface area (Å²) in [7, 11) is 0. The summed E-state index contributed by atoms with van der Waals surface area (Å²) in [5, 5.41) is 0. The number of rotatable bonds is 1. The van der Waals surface area contributed by atoms with Crippen LogP contribution >= 0.6 is 0 Å². The Morgan fingerprint density at radius 2 is 1.80 bits per heavy atom. The molecule has 0 amide bonds. The summed E-state index contributed by atoms with van der Waals surface area (Å²) >= 11 is 0. The van der Waals surface area contributed by atoms with E-state index in [-0.39, 0.29) is 11.6 Å². The number of hydrogen-bond acceptors (Lipinski definition) is 2. The molecule has 1 spiro atoms. The van der Waals surface area contributed by atoms with Crippen LogP contribution in [-0.2, 0) is 16.0 Å². The van der Waals surface area contributed by atoms with Gasteiger partial charge in [0.25, 0.3) is 0 Å². The second-order valence-electron chi connectivity index (χ2n) is 5.68. The normalized spacial score (nSPS) is 21.1. The summed E-state index contributed by atoms with van der Waals surface area (Å²) < 4.78 is 0. The largest absolute Gasteiger partial charge is 0.299 e. The molecule has 20 heavy (non-hydrogen) atoms. The van der Waals surface area contributed by atoms with Crippen molar-refractivity contribution in [2.45, 2.75) is 32.1 Å². The summed E-state index contributed by atoms with van der Waals surface area (Å²) in [5.74, 6) is 0.232. The smallest absolute Gasteiger partial charge is 0.147 e. The molecule has 2 aliphatic carbocycles. The number of carbonyl (C=O) groups excluding carboxylic acids is 2. The molecule has 0 N–H and O–H groups in total. The van der Waals surface area contributed by atoms with Crippen molar-refractivity contribution >= 4 is 17.1 Å². The first-order valence-corrected chi connectivity index (χ1v) is 7.15. The van der Waals surface area contributed by atoms with Gasteiger partial charge in [0.05, 0.1) is 5.41 Å². The first-order chi connectivity index (χ1) is 9.67. The van der Waals surface area contributed by atoms with Crippen LogP contribution < -0.4 is 0 Å². The zero-order valence-electron chi connectivity index (χ0n) is 11.5. The average molecular weight is 266 g/mol. The molecule has 0 aromatic heterocycles. The highest BCUT2D eigenvalue weighted by Gasteiger charge is 2.46. The molecule has 0 heterocycles. The van der Waals surface area contributed by atoms with Crippen LogP contribution in [0.25, 0.3) is 5.57 Å². The molecule has 0 radical (unpaired) electrons. The van der Waals surface area contributed by atoms with E-state index < -0.39 is 5.41 Å². The Bertz CT molecular complexity index is 606. The van der Waals surface area contributed by atoms with Gasteiger partial charge < -0.3 is 0 Å². The summed E-state index contributed by atoms with van der Waals surface area (Å²) in [5.41, 5.74) is 2.40. The van der Waals surface area contributed by atoms with Crippen LogP contribution in [0, 0.1) is 5.41 Å². The molecule has 1 fully saturated rings. The van der Waals surface area contributed by atoms with Crippen molar-refractivity contribution in [1.29, 1.82) is 0 Å². The van der Waals surface area contributed by atoms with Gasteiger partial charge in [0.2, 0.25) is 0 Å². The highest BCUT2D eigenvalue weighted by molar-refractivity contribution is 6.09. The van der Waals surface area contributed by atoms with Crippen LogP contribution in [0.5, 0.6) is 0 Å². The highest BCUT2D eigenvalue weighted by Crippen LogP contribution is 2.41. The van der Waals surface area contributed by atoms with Gasteiger partial charge in [0.15, 0.2) is 0 Å². The molecule has 2 aliphatic rings. The summed E-state index contributed by atoms with van der Waals surface area (Å²) in [6.07, 6.45) is 6.65. The molecule has 0 unspecified atom stereocenters. The van der Waals surface area contributed by atoms with E-state index in [0.29, 0.717) is 32.1 Å². The van der Waals surface area contributed by atoms with Crippen LogP contribution in [-0.4, -0.2) is 11.6 Å². The lowest BCUT2D eigenvalue weighted by atomic mass is 9.67. The van der Waals surface area contributed by atoms with Gasteiger partial charge in [-0.3, -0.25) is 9.59 Å². The van der Waals surface area contributed by atoms with E-state index in [2.05, 4.69) is 6.58 Å². The Hall–Kier alpha value is -1.96. The maximum atomic E-state index is 12.5. The molecule has 1 saturated carbocycles. The Labute approximate surface area is 119 Å². The minimum absolute atomic E-state index is 0.116. The number of Topliss-reactive ketones (excluding diaryl/α,β-unsaturated/α-hetero) is 2. The predicted molar refractivity (Wildman–Crippen MR) is 79.2 cm³/mol. The SMILES string of the molecule is C=CC1=CCC2(Cc3ccccc31)C(=O)CCCC2=O. The van der Waals surface area contributed by atoms with Crippen molar-refractivity contribution < 1.29 is 9.59 Å². The molecule has 1 aromatic rings. The lowest BCUT2D eigenvalue weighted by Gasteiger charge is -2.33.